The molecule has 2 fully saturated rings. The number of aliphatic carboxylic acids is 1. The van der Waals surface area contributed by atoms with Crippen molar-refractivity contribution >= 4 is 17.8 Å². The number of imide groups is 1. The highest BCUT2D eigenvalue weighted by Crippen LogP contribution is 2.28. The van der Waals surface area contributed by atoms with E-state index in [-0.39, 0.29) is 24.2 Å². The summed E-state index contributed by atoms with van der Waals surface area (Å²) in [5.74, 6) is -1.66. The zero-order valence-electron chi connectivity index (χ0n) is 9.92. The lowest BCUT2D eigenvalue weighted by Gasteiger charge is -2.21. The number of carbonyl (C=O) groups is 3. The Morgan fingerprint density at radius 3 is 2.41 bits per heavy atom. The second-order valence-corrected chi connectivity index (χ2v) is 4.89. The normalized spacial score (nSPS) is 34.7. The fourth-order valence-corrected chi connectivity index (χ4v) is 2.60. The number of carbonyl (C=O) groups excluding carboxylic acids is 2. The molecule has 3 atom stereocenters. The summed E-state index contributed by atoms with van der Waals surface area (Å²) >= 11 is 0. The minimum atomic E-state index is -0.829. The van der Waals surface area contributed by atoms with Gasteiger partial charge in [-0.2, -0.15) is 0 Å². The number of rotatable bonds is 2. The number of carboxylic acid groups (broad SMARTS) is 1. The second-order valence-electron chi connectivity index (χ2n) is 4.89. The van der Waals surface area contributed by atoms with Crippen molar-refractivity contribution in [2.24, 2.45) is 11.8 Å². The van der Waals surface area contributed by atoms with Crippen molar-refractivity contribution in [2.75, 3.05) is 20.1 Å². The molecule has 6 heteroatoms. The van der Waals surface area contributed by atoms with E-state index in [9.17, 15) is 14.4 Å². The number of nitrogens with zero attached hydrogens (tertiary/aromatic N) is 2. The van der Waals surface area contributed by atoms with E-state index in [0.29, 0.717) is 13.1 Å². The molecule has 94 valence electrons. The summed E-state index contributed by atoms with van der Waals surface area (Å²) in [6.07, 6.45) is 0.175. The van der Waals surface area contributed by atoms with Crippen LogP contribution in [0, 0.1) is 11.8 Å². The number of carboxylic acids is 1. The molecule has 0 saturated carbocycles. The van der Waals surface area contributed by atoms with Crippen LogP contribution in [-0.2, 0) is 14.4 Å². The van der Waals surface area contributed by atoms with Gasteiger partial charge in [-0.15, -0.1) is 0 Å². The van der Waals surface area contributed by atoms with E-state index in [0.717, 1.165) is 4.90 Å². The van der Waals surface area contributed by atoms with E-state index in [4.69, 9.17) is 5.11 Å². The van der Waals surface area contributed by atoms with E-state index < -0.39 is 17.9 Å². The molecule has 0 aromatic rings. The molecule has 2 aliphatic heterocycles. The van der Waals surface area contributed by atoms with Crippen molar-refractivity contribution in [3.63, 3.8) is 0 Å². The van der Waals surface area contributed by atoms with Crippen molar-refractivity contribution in [3.05, 3.63) is 0 Å². The topological polar surface area (TPSA) is 77.9 Å². The maximum Gasteiger partial charge on any atom is 0.308 e. The molecule has 0 radical (unpaired) electrons. The summed E-state index contributed by atoms with van der Waals surface area (Å²) in [7, 11) is 1.47. The van der Waals surface area contributed by atoms with Crippen molar-refractivity contribution in [2.45, 2.75) is 19.4 Å². The molecular formula is C11H16N2O4. The molecule has 6 nitrogen and oxygen atoms in total. The maximum absolute atomic E-state index is 11.8. The summed E-state index contributed by atoms with van der Waals surface area (Å²) in [6, 6.07) is -0.459. The van der Waals surface area contributed by atoms with Gasteiger partial charge in [0.1, 0.15) is 0 Å². The van der Waals surface area contributed by atoms with Crippen LogP contribution in [0.5, 0.6) is 0 Å². The fourth-order valence-electron chi connectivity index (χ4n) is 2.60. The first-order valence-corrected chi connectivity index (χ1v) is 5.69. The monoisotopic (exact) mass is 240 g/mol. The second kappa shape index (κ2) is 4.10. The van der Waals surface area contributed by atoms with E-state index >= 15 is 0 Å². The third-order valence-corrected chi connectivity index (χ3v) is 3.76. The Labute approximate surface area is 99.2 Å². The molecular weight excluding hydrogens is 224 g/mol. The first-order chi connectivity index (χ1) is 7.91. The van der Waals surface area contributed by atoms with Gasteiger partial charge in [-0.25, -0.2) is 0 Å². The number of likely N-dealkylation sites (tertiary alicyclic amines) is 2. The summed E-state index contributed by atoms with van der Waals surface area (Å²) in [4.78, 5) is 37.2. The van der Waals surface area contributed by atoms with Gasteiger partial charge in [0, 0.05) is 20.1 Å². The molecule has 2 rings (SSSR count). The minimum Gasteiger partial charge on any atom is -0.481 e. The molecule has 1 N–H and O–H groups in total. The van der Waals surface area contributed by atoms with E-state index in [2.05, 4.69) is 0 Å². The van der Waals surface area contributed by atoms with Crippen molar-refractivity contribution in [1.82, 2.24) is 9.80 Å². The third kappa shape index (κ3) is 1.93. The largest absolute Gasteiger partial charge is 0.481 e. The summed E-state index contributed by atoms with van der Waals surface area (Å²) in [5.41, 5.74) is 0. The molecule has 2 heterocycles. The van der Waals surface area contributed by atoms with Crippen LogP contribution in [0.25, 0.3) is 0 Å². The number of amides is 2. The lowest BCUT2D eigenvalue weighted by molar-refractivity contribution is -0.143. The van der Waals surface area contributed by atoms with Gasteiger partial charge in [-0.05, 0) is 5.92 Å². The third-order valence-electron chi connectivity index (χ3n) is 3.76. The van der Waals surface area contributed by atoms with Gasteiger partial charge in [0.25, 0.3) is 0 Å². The van der Waals surface area contributed by atoms with Crippen LogP contribution in [0.4, 0.5) is 0 Å². The minimum absolute atomic E-state index is 0.0151. The first-order valence-electron chi connectivity index (χ1n) is 5.69. The van der Waals surface area contributed by atoms with Gasteiger partial charge in [0.05, 0.1) is 18.4 Å². The standard InChI is InChI=1S/C11H16N2O4/c1-6-4-13(5-7(6)11(16)17)8-3-9(14)12(2)10(8)15/h6-8H,3-5H2,1-2H3,(H,16,17)/t6-,7-,8?/m1/s1. The molecule has 2 saturated heterocycles. The fraction of sp³-hybridized carbons (Fsp3) is 0.727. The summed E-state index contributed by atoms with van der Waals surface area (Å²) in [6.45, 7) is 2.78. The molecule has 0 aromatic heterocycles. The lowest BCUT2D eigenvalue weighted by Crippen LogP contribution is -2.40. The zero-order valence-corrected chi connectivity index (χ0v) is 9.92. The number of hydrogen-bond donors (Lipinski definition) is 1. The van der Waals surface area contributed by atoms with Crippen LogP contribution in [0.1, 0.15) is 13.3 Å². The molecule has 0 aromatic carbocycles. The van der Waals surface area contributed by atoms with Crippen molar-refractivity contribution < 1.29 is 19.5 Å². The van der Waals surface area contributed by atoms with Gasteiger partial charge in [0.2, 0.25) is 11.8 Å². The Balaban J connectivity index is 2.09. The Bertz CT molecular complexity index is 382. The van der Waals surface area contributed by atoms with Crippen LogP contribution in [0.15, 0.2) is 0 Å². The molecule has 0 aliphatic carbocycles. The Morgan fingerprint density at radius 2 is 2.00 bits per heavy atom. The van der Waals surface area contributed by atoms with Crippen LogP contribution in [0.3, 0.4) is 0 Å². The van der Waals surface area contributed by atoms with Crippen LogP contribution >= 0.6 is 0 Å². The van der Waals surface area contributed by atoms with Crippen molar-refractivity contribution in [3.8, 4) is 0 Å². The maximum atomic E-state index is 11.8. The van der Waals surface area contributed by atoms with Gasteiger partial charge >= 0.3 is 5.97 Å². The molecule has 2 aliphatic rings. The molecule has 0 spiro atoms. The smallest absolute Gasteiger partial charge is 0.308 e. The van der Waals surface area contributed by atoms with E-state index in [1.165, 1.54) is 7.05 Å². The Hall–Kier alpha value is -1.43. The van der Waals surface area contributed by atoms with Gasteiger partial charge in [-0.1, -0.05) is 6.92 Å². The SMILES string of the molecule is C[C@@H]1CN(C2CC(=O)N(C)C2=O)C[C@H]1C(=O)O. The number of hydrogen-bond acceptors (Lipinski definition) is 4. The zero-order chi connectivity index (χ0) is 12.7. The highest BCUT2D eigenvalue weighted by molar-refractivity contribution is 6.05. The van der Waals surface area contributed by atoms with Gasteiger partial charge in [0.15, 0.2) is 0 Å². The molecule has 2 amide bonds. The first kappa shape index (κ1) is 12.0. The quantitative estimate of drug-likeness (QED) is 0.652. The Kier molecular flexibility index (Phi) is 2.91. The summed E-state index contributed by atoms with van der Waals surface area (Å²) in [5, 5.41) is 9.03. The molecule has 1 unspecified atom stereocenters. The van der Waals surface area contributed by atoms with Crippen molar-refractivity contribution in [1.29, 1.82) is 0 Å². The predicted molar refractivity (Wildman–Crippen MR) is 58.0 cm³/mol. The average Bonchev–Trinajstić information content (AvgIpc) is 2.75. The highest BCUT2D eigenvalue weighted by atomic mass is 16.4. The van der Waals surface area contributed by atoms with Gasteiger partial charge < -0.3 is 5.11 Å². The highest BCUT2D eigenvalue weighted by Gasteiger charge is 2.45. The van der Waals surface area contributed by atoms with Crippen LogP contribution in [0.2, 0.25) is 0 Å². The lowest BCUT2D eigenvalue weighted by atomic mass is 9.99. The van der Waals surface area contributed by atoms with E-state index in [1.54, 1.807) is 0 Å². The average molecular weight is 240 g/mol. The van der Waals surface area contributed by atoms with E-state index in [1.807, 2.05) is 11.8 Å². The molecule has 0 bridgehead atoms. The van der Waals surface area contributed by atoms with Crippen LogP contribution < -0.4 is 0 Å². The predicted octanol–water partition coefficient (Wildman–Crippen LogP) is -0.604. The van der Waals surface area contributed by atoms with Gasteiger partial charge in [-0.3, -0.25) is 24.2 Å². The van der Waals surface area contributed by atoms with Crippen LogP contribution in [-0.4, -0.2) is 58.9 Å². The molecule has 17 heavy (non-hydrogen) atoms. The Morgan fingerprint density at radius 1 is 1.35 bits per heavy atom. The summed E-state index contributed by atoms with van der Waals surface area (Å²) < 4.78 is 0. The number of likely N-dealkylation sites (N-methyl/N-ethyl adjacent to an activating group) is 1.